The molecule has 0 saturated carbocycles. The molecule has 2 aromatic rings. The van der Waals surface area contributed by atoms with E-state index in [1.54, 1.807) is 26.4 Å². The number of methoxy groups -OCH3 is 3. The van der Waals surface area contributed by atoms with Gasteiger partial charge in [-0.2, -0.15) is 0 Å². The Bertz CT molecular complexity index is 856. The average Bonchev–Trinajstić information content (AvgIpc) is 2.68. The third-order valence-electron chi connectivity index (χ3n) is 4.12. The summed E-state index contributed by atoms with van der Waals surface area (Å²) in [6, 6.07) is 9.77. The molecule has 2 rings (SSSR count). The van der Waals surface area contributed by atoms with Gasteiger partial charge in [0.2, 0.25) is 0 Å². The van der Waals surface area contributed by atoms with Crippen molar-refractivity contribution in [2.75, 3.05) is 40.2 Å². The van der Waals surface area contributed by atoms with E-state index in [0.717, 1.165) is 10.5 Å². The first-order valence-electron chi connectivity index (χ1n) is 8.52. The number of anilines is 1. The standard InChI is InChI=1S/C19H23N3O6/c1-21(11-13-5-6-15(27-3)10-18(13)28-4)12-19(23)20-16-8-7-14(26-2)9-17(16)22(24)25/h5-10H,11-12H2,1-4H3,(H,20,23)/p+1. The van der Waals surface area contributed by atoms with Crippen LogP contribution in [0.4, 0.5) is 11.4 Å². The van der Waals surface area contributed by atoms with Crippen LogP contribution in [0.5, 0.6) is 17.2 Å². The van der Waals surface area contributed by atoms with Gasteiger partial charge in [0.25, 0.3) is 11.6 Å². The minimum atomic E-state index is -0.559. The van der Waals surface area contributed by atoms with Gasteiger partial charge in [-0.3, -0.25) is 14.9 Å². The number of ether oxygens (including phenoxy) is 3. The lowest BCUT2D eigenvalue weighted by Crippen LogP contribution is -3.08. The molecule has 0 bridgehead atoms. The molecule has 0 fully saturated rings. The summed E-state index contributed by atoms with van der Waals surface area (Å²) in [4.78, 5) is 23.9. The van der Waals surface area contributed by atoms with E-state index in [2.05, 4.69) is 5.32 Å². The number of nitrogens with one attached hydrogen (secondary N) is 2. The Labute approximate surface area is 163 Å². The lowest BCUT2D eigenvalue weighted by Gasteiger charge is -2.16. The summed E-state index contributed by atoms with van der Waals surface area (Å²) < 4.78 is 15.5. The van der Waals surface area contributed by atoms with Crippen LogP contribution in [0, 0.1) is 10.1 Å². The topological polar surface area (TPSA) is 104 Å². The third-order valence-corrected chi connectivity index (χ3v) is 4.12. The summed E-state index contributed by atoms with van der Waals surface area (Å²) >= 11 is 0. The Morgan fingerprint density at radius 1 is 1.07 bits per heavy atom. The Balaban J connectivity index is 2.05. The number of amides is 1. The maximum absolute atomic E-state index is 12.4. The number of carbonyl (C=O) groups is 1. The molecule has 0 aliphatic carbocycles. The van der Waals surface area contributed by atoms with Crippen molar-refractivity contribution >= 4 is 17.3 Å². The zero-order valence-corrected chi connectivity index (χ0v) is 16.3. The number of benzene rings is 2. The molecule has 150 valence electrons. The monoisotopic (exact) mass is 390 g/mol. The molecule has 2 aromatic carbocycles. The van der Waals surface area contributed by atoms with E-state index >= 15 is 0 Å². The number of hydrogen-bond acceptors (Lipinski definition) is 6. The summed E-state index contributed by atoms with van der Waals surface area (Å²) in [5.41, 5.74) is 0.830. The third kappa shape index (κ3) is 5.34. The van der Waals surface area contributed by atoms with Crippen LogP contribution in [0.3, 0.4) is 0 Å². The number of nitro benzene ring substituents is 1. The molecule has 0 saturated heterocycles. The number of nitro groups is 1. The van der Waals surface area contributed by atoms with Crippen LogP contribution in [-0.2, 0) is 11.3 Å². The highest BCUT2D eigenvalue weighted by Crippen LogP contribution is 2.28. The van der Waals surface area contributed by atoms with E-state index in [9.17, 15) is 14.9 Å². The molecule has 0 aliphatic heterocycles. The number of likely N-dealkylation sites (N-methyl/N-ethyl adjacent to an activating group) is 1. The predicted octanol–water partition coefficient (Wildman–Crippen LogP) is 1.27. The summed E-state index contributed by atoms with van der Waals surface area (Å²) in [6.07, 6.45) is 0. The van der Waals surface area contributed by atoms with E-state index in [4.69, 9.17) is 14.2 Å². The molecule has 0 radical (unpaired) electrons. The van der Waals surface area contributed by atoms with Crippen LogP contribution in [0.1, 0.15) is 5.56 Å². The molecule has 9 heteroatoms. The van der Waals surface area contributed by atoms with Crippen LogP contribution < -0.4 is 24.4 Å². The molecular weight excluding hydrogens is 366 g/mol. The van der Waals surface area contributed by atoms with Crippen molar-refractivity contribution in [2.24, 2.45) is 0 Å². The number of quaternary nitrogens is 1. The Morgan fingerprint density at radius 2 is 1.71 bits per heavy atom. The van der Waals surface area contributed by atoms with E-state index in [0.29, 0.717) is 23.8 Å². The van der Waals surface area contributed by atoms with Gasteiger partial charge in [-0.1, -0.05) is 0 Å². The molecule has 0 spiro atoms. The van der Waals surface area contributed by atoms with Gasteiger partial charge in [0.1, 0.15) is 29.5 Å². The highest BCUT2D eigenvalue weighted by atomic mass is 16.6. The highest BCUT2D eigenvalue weighted by molar-refractivity contribution is 5.93. The normalized spacial score (nSPS) is 11.4. The van der Waals surface area contributed by atoms with Gasteiger partial charge in [-0.15, -0.1) is 0 Å². The van der Waals surface area contributed by atoms with Gasteiger partial charge in [0.15, 0.2) is 6.54 Å². The van der Waals surface area contributed by atoms with Crippen LogP contribution in [-0.4, -0.2) is 45.8 Å². The van der Waals surface area contributed by atoms with Crippen molar-refractivity contribution in [3.63, 3.8) is 0 Å². The largest absolute Gasteiger partial charge is 0.497 e. The summed E-state index contributed by atoms with van der Waals surface area (Å²) in [5, 5.41) is 13.8. The lowest BCUT2D eigenvalue weighted by molar-refractivity contribution is -0.885. The molecular formula is C19H24N3O6+. The van der Waals surface area contributed by atoms with Crippen molar-refractivity contribution in [2.45, 2.75) is 6.54 Å². The van der Waals surface area contributed by atoms with Crippen molar-refractivity contribution in [3.05, 3.63) is 52.1 Å². The molecule has 28 heavy (non-hydrogen) atoms. The van der Waals surface area contributed by atoms with Crippen molar-refractivity contribution in [1.29, 1.82) is 0 Å². The van der Waals surface area contributed by atoms with Gasteiger partial charge in [0, 0.05) is 11.6 Å². The number of rotatable bonds is 9. The first-order valence-corrected chi connectivity index (χ1v) is 8.52. The van der Waals surface area contributed by atoms with Gasteiger partial charge in [-0.05, 0) is 24.3 Å². The van der Waals surface area contributed by atoms with Crippen molar-refractivity contribution in [3.8, 4) is 17.2 Å². The fourth-order valence-electron chi connectivity index (χ4n) is 2.75. The second kappa shape index (κ2) is 9.56. The minimum absolute atomic E-state index is 0.123. The second-order valence-electron chi connectivity index (χ2n) is 6.18. The van der Waals surface area contributed by atoms with Crippen LogP contribution in [0.2, 0.25) is 0 Å². The van der Waals surface area contributed by atoms with E-state index < -0.39 is 4.92 Å². The fourth-order valence-corrected chi connectivity index (χ4v) is 2.75. The smallest absolute Gasteiger partial charge is 0.296 e. The molecule has 2 N–H and O–H groups in total. The lowest BCUT2D eigenvalue weighted by atomic mass is 10.1. The second-order valence-corrected chi connectivity index (χ2v) is 6.18. The molecule has 9 nitrogen and oxygen atoms in total. The Morgan fingerprint density at radius 3 is 2.32 bits per heavy atom. The van der Waals surface area contributed by atoms with Crippen LogP contribution in [0.25, 0.3) is 0 Å². The number of nitrogens with zero attached hydrogens (tertiary/aromatic N) is 1. The van der Waals surface area contributed by atoms with E-state index in [-0.39, 0.29) is 23.8 Å². The maximum Gasteiger partial charge on any atom is 0.296 e. The Kier molecular flexibility index (Phi) is 7.16. The van der Waals surface area contributed by atoms with Gasteiger partial charge in [-0.25, -0.2) is 0 Å². The fraction of sp³-hybridized carbons (Fsp3) is 0.316. The minimum Gasteiger partial charge on any atom is -0.497 e. The average molecular weight is 390 g/mol. The zero-order chi connectivity index (χ0) is 20.7. The highest BCUT2D eigenvalue weighted by Gasteiger charge is 2.19. The molecule has 0 aliphatic rings. The first-order chi connectivity index (χ1) is 13.4. The van der Waals surface area contributed by atoms with E-state index in [1.165, 1.54) is 19.2 Å². The first kappa shape index (κ1) is 21.0. The molecule has 1 amide bonds. The molecule has 1 unspecified atom stereocenters. The summed E-state index contributed by atoms with van der Waals surface area (Å²) in [6.45, 7) is 0.656. The summed E-state index contributed by atoms with van der Waals surface area (Å²) in [7, 11) is 6.42. The molecule has 1 atom stereocenters. The van der Waals surface area contributed by atoms with Gasteiger partial charge < -0.3 is 24.4 Å². The Hall–Kier alpha value is -3.33. The molecule has 0 aromatic heterocycles. The van der Waals surface area contributed by atoms with E-state index in [1.807, 2.05) is 19.2 Å². The zero-order valence-electron chi connectivity index (χ0n) is 16.3. The quantitative estimate of drug-likeness (QED) is 0.494. The van der Waals surface area contributed by atoms with Crippen LogP contribution in [0.15, 0.2) is 36.4 Å². The van der Waals surface area contributed by atoms with Crippen molar-refractivity contribution in [1.82, 2.24) is 0 Å². The van der Waals surface area contributed by atoms with Gasteiger partial charge in [0.05, 0.1) is 39.4 Å². The van der Waals surface area contributed by atoms with Crippen molar-refractivity contribution < 1.29 is 28.8 Å². The SMILES string of the molecule is COc1ccc(C[NH+](C)CC(=O)Nc2ccc(OC)cc2[N+](=O)[O-])c(OC)c1. The number of carbonyl (C=O) groups excluding carboxylic acids is 1. The maximum atomic E-state index is 12.4. The molecule has 0 heterocycles. The van der Waals surface area contributed by atoms with Gasteiger partial charge >= 0.3 is 0 Å². The van der Waals surface area contributed by atoms with Crippen LogP contribution >= 0.6 is 0 Å². The number of hydrogen-bond donors (Lipinski definition) is 2. The summed E-state index contributed by atoms with van der Waals surface area (Å²) in [5.74, 6) is 1.37. The predicted molar refractivity (Wildman–Crippen MR) is 103 cm³/mol.